The summed E-state index contributed by atoms with van der Waals surface area (Å²) in [4.78, 5) is 11.5. The van der Waals surface area contributed by atoms with E-state index in [9.17, 15) is 4.79 Å². The van der Waals surface area contributed by atoms with Crippen LogP contribution in [0.25, 0.3) is 0 Å². The van der Waals surface area contributed by atoms with Gasteiger partial charge in [-0.1, -0.05) is 41.5 Å². The lowest BCUT2D eigenvalue weighted by Gasteiger charge is -2.22. The van der Waals surface area contributed by atoms with E-state index < -0.39 is 5.69 Å². The Bertz CT molecular complexity index is 303. The normalized spacial score (nSPS) is 12.5. The Labute approximate surface area is 126 Å². The van der Waals surface area contributed by atoms with Gasteiger partial charge in [-0.15, -0.1) is 0 Å². The van der Waals surface area contributed by atoms with Gasteiger partial charge in [-0.25, -0.2) is 0 Å². The van der Waals surface area contributed by atoms with Crippen molar-refractivity contribution in [2.24, 2.45) is 17.8 Å². The molecule has 0 heterocycles. The number of hydrogen-bond acceptors (Lipinski definition) is 6. The third-order valence-corrected chi connectivity index (χ3v) is 5.75. The van der Waals surface area contributed by atoms with Crippen molar-refractivity contribution >= 4 is 35.1 Å². The molecule has 114 valence electrons. The van der Waals surface area contributed by atoms with Gasteiger partial charge < -0.3 is 13.2 Å². The lowest BCUT2D eigenvalue weighted by Crippen LogP contribution is -2.09. The summed E-state index contributed by atoms with van der Waals surface area (Å²) in [5, 5.41) is 0. The molecular formula is C12H25O4PS2. The van der Waals surface area contributed by atoms with E-state index in [0.717, 1.165) is 11.7 Å². The highest BCUT2D eigenvalue weighted by Gasteiger charge is 2.26. The van der Waals surface area contributed by atoms with Crippen molar-refractivity contribution in [2.75, 3.05) is 13.2 Å². The van der Waals surface area contributed by atoms with Crippen LogP contribution in [-0.2, 0) is 29.8 Å². The van der Waals surface area contributed by atoms with Crippen LogP contribution in [-0.4, -0.2) is 19.2 Å². The average Bonchev–Trinajstić information content (AvgIpc) is 2.31. The highest BCUT2D eigenvalue weighted by Crippen LogP contribution is 2.62. The molecule has 0 fully saturated rings. The van der Waals surface area contributed by atoms with E-state index in [1.807, 2.05) is 27.7 Å². The lowest BCUT2D eigenvalue weighted by atomic mass is 10.2. The molecule has 0 radical (unpaired) electrons. The smallest absolute Gasteiger partial charge is 0.320 e. The molecule has 0 aromatic heterocycles. The largest absolute Gasteiger partial charge is 0.381 e. The van der Waals surface area contributed by atoms with E-state index in [1.54, 1.807) is 13.8 Å². The molecule has 0 rings (SSSR count). The molecule has 0 saturated heterocycles. The molecule has 0 aliphatic rings. The fourth-order valence-corrected chi connectivity index (χ4v) is 3.98. The summed E-state index contributed by atoms with van der Waals surface area (Å²) in [6, 6.07) is 0. The van der Waals surface area contributed by atoms with Gasteiger partial charge in [-0.2, -0.15) is 0 Å². The van der Waals surface area contributed by atoms with Crippen molar-refractivity contribution in [3.63, 3.8) is 0 Å². The van der Waals surface area contributed by atoms with Gasteiger partial charge in [0.1, 0.15) is 0 Å². The molecule has 0 spiro atoms. The van der Waals surface area contributed by atoms with E-state index in [0.29, 0.717) is 25.0 Å². The Morgan fingerprint density at radius 2 is 1.47 bits per heavy atom. The molecule has 0 N–H and O–H groups in total. The maximum absolute atomic E-state index is 11.5. The van der Waals surface area contributed by atoms with Crippen LogP contribution in [0, 0.1) is 17.8 Å². The predicted molar refractivity (Wildman–Crippen MR) is 84.4 cm³/mol. The van der Waals surface area contributed by atoms with Gasteiger partial charge in [0.05, 0.1) is 19.1 Å². The van der Waals surface area contributed by atoms with Crippen LogP contribution >= 0.6 is 17.4 Å². The summed E-state index contributed by atoms with van der Waals surface area (Å²) < 4.78 is 16.4. The van der Waals surface area contributed by atoms with Crippen molar-refractivity contribution in [2.45, 2.75) is 41.5 Å². The monoisotopic (exact) mass is 328 g/mol. The molecule has 0 saturated carbocycles. The summed E-state index contributed by atoms with van der Waals surface area (Å²) in [6.45, 7) is 12.7. The first-order valence-electron chi connectivity index (χ1n) is 6.45. The summed E-state index contributed by atoms with van der Waals surface area (Å²) in [7, 11) is 0. The standard InChI is InChI=1S/C12H25O4PS2/c1-9(2)7-14-17(18,15-8-10(3)4)19-16-12(13)11(5)6/h9-11H,7-8H2,1-6H3. The summed E-state index contributed by atoms with van der Waals surface area (Å²) >= 11 is 6.27. The topological polar surface area (TPSA) is 44.8 Å². The average molecular weight is 328 g/mol. The van der Waals surface area contributed by atoms with Gasteiger partial charge in [0.2, 0.25) is 0 Å². The van der Waals surface area contributed by atoms with Crippen molar-refractivity contribution in [1.29, 1.82) is 0 Å². The molecule has 4 nitrogen and oxygen atoms in total. The fraction of sp³-hybridized carbons (Fsp3) is 0.917. The van der Waals surface area contributed by atoms with Gasteiger partial charge in [-0.05, 0) is 23.6 Å². The first kappa shape index (κ1) is 19.4. The van der Waals surface area contributed by atoms with E-state index in [2.05, 4.69) is 0 Å². The maximum atomic E-state index is 11.5. The molecule has 0 aliphatic carbocycles. The van der Waals surface area contributed by atoms with Crippen LogP contribution in [0.2, 0.25) is 0 Å². The minimum Gasteiger partial charge on any atom is -0.381 e. The van der Waals surface area contributed by atoms with Crippen LogP contribution in [0.3, 0.4) is 0 Å². The Morgan fingerprint density at radius 3 is 1.79 bits per heavy atom. The molecular weight excluding hydrogens is 303 g/mol. The minimum atomic E-state index is -2.61. The van der Waals surface area contributed by atoms with Crippen LogP contribution in [0.1, 0.15) is 41.5 Å². The molecule has 0 aromatic carbocycles. The van der Waals surface area contributed by atoms with Crippen molar-refractivity contribution in [1.82, 2.24) is 0 Å². The Balaban J connectivity index is 4.47. The molecule has 0 aromatic rings. The van der Waals surface area contributed by atoms with Crippen molar-refractivity contribution in [3.05, 3.63) is 0 Å². The fourth-order valence-electron chi connectivity index (χ4n) is 0.740. The first-order chi connectivity index (χ1) is 8.66. The lowest BCUT2D eigenvalue weighted by molar-refractivity contribution is -0.136. The molecule has 0 amide bonds. The zero-order valence-corrected chi connectivity index (χ0v) is 15.1. The zero-order valence-electron chi connectivity index (χ0n) is 12.5. The van der Waals surface area contributed by atoms with Gasteiger partial charge in [0.15, 0.2) is 11.7 Å². The third-order valence-electron chi connectivity index (χ3n) is 1.81. The third kappa shape index (κ3) is 9.85. The van der Waals surface area contributed by atoms with E-state index >= 15 is 0 Å². The first-order valence-corrected chi connectivity index (χ1v) is 10.4. The second-order valence-corrected chi connectivity index (χ2v) is 11.2. The molecule has 19 heavy (non-hydrogen) atoms. The van der Waals surface area contributed by atoms with Gasteiger partial charge in [-0.3, -0.25) is 4.79 Å². The number of carbonyl (C=O) groups excluding carboxylic acids is 1. The van der Waals surface area contributed by atoms with Crippen molar-refractivity contribution < 1.29 is 18.0 Å². The SMILES string of the molecule is CC(C)COP(=S)(OCC(C)C)SOC(=O)C(C)C. The zero-order chi connectivity index (χ0) is 15.1. The Kier molecular flexibility index (Phi) is 9.54. The Hall–Kier alpha value is 0.390. The highest BCUT2D eigenvalue weighted by atomic mass is 32.9. The molecule has 0 unspecified atom stereocenters. The van der Waals surface area contributed by atoms with E-state index in [-0.39, 0.29) is 11.9 Å². The Morgan fingerprint density at radius 1 is 1.05 bits per heavy atom. The summed E-state index contributed by atoms with van der Waals surface area (Å²) in [5.74, 6) is 0.212. The van der Waals surface area contributed by atoms with Gasteiger partial charge in [0.25, 0.3) is 5.69 Å². The van der Waals surface area contributed by atoms with Gasteiger partial charge in [0, 0.05) is 0 Å². The highest BCUT2D eigenvalue weighted by molar-refractivity contribution is 8.66. The summed E-state index contributed by atoms with van der Waals surface area (Å²) in [6.07, 6.45) is 0. The van der Waals surface area contributed by atoms with Crippen LogP contribution < -0.4 is 0 Å². The molecule has 7 heteroatoms. The van der Waals surface area contributed by atoms with Crippen LogP contribution in [0.15, 0.2) is 0 Å². The van der Waals surface area contributed by atoms with E-state index in [4.69, 9.17) is 25.0 Å². The molecule has 0 aliphatic heterocycles. The minimum absolute atomic E-state index is 0.189. The molecule has 0 atom stereocenters. The second-order valence-electron chi connectivity index (χ2n) is 5.46. The molecule has 0 bridgehead atoms. The van der Waals surface area contributed by atoms with Crippen LogP contribution in [0.4, 0.5) is 0 Å². The van der Waals surface area contributed by atoms with E-state index in [1.165, 1.54) is 0 Å². The maximum Gasteiger partial charge on any atom is 0.320 e. The quantitative estimate of drug-likeness (QED) is 0.462. The van der Waals surface area contributed by atoms with Crippen LogP contribution in [0.5, 0.6) is 0 Å². The predicted octanol–water partition coefficient (Wildman–Crippen LogP) is 4.40. The van der Waals surface area contributed by atoms with Crippen molar-refractivity contribution in [3.8, 4) is 0 Å². The van der Waals surface area contributed by atoms with Gasteiger partial charge >= 0.3 is 5.97 Å². The number of carbonyl (C=O) groups is 1. The number of hydrogen-bond donors (Lipinski definition) is 0. The number of rotatable bonds is 9. The second kappa shape index (κ2) is 9.35. The summed E-state index contributed by atoms with van der Waals surface area (Å²) in [5.41, 5.74) is -2.61.